The highest BCUT2D eigenvalue weighted by molar-refractivity contribution is 4.73. The molecule has 13 heavy (non-hydrogen) atoms. The maximum atomic E-state index is 12.5. The molecule has 78 valence electrons. The lowest BCUT2D eigenvalue weighted by Gasteiger charge is -2.39. The molecule has 1 aliphatic rings. The number of hydrogen-bond donors (Lipinski definition) is 0. The standard InChI is InChI=1S/C6H10F4N2O/c1-11(2)12-3-5(7,8)13-6(9,10)4-12/h3-4H2,1-2H3. The average Bonchev–Trinajstić information content (AvgIpc) is 1.79. The van der Waals surface area contributed by atoms with Crippen molar-refractivity contribution in [2.45, 2.75) is 12.2 Å². The van der Waals surface area contributed by atoms with Crippen molar-refractivity contribution in [3.05, 3.63) is 0 Å². The molecule has 0 N–H and O–H groups in total. The number of hydrogen-bond acceptors (Lipinski definition) is 3. The topological polar surface area (TPSA) is 15.7 Å². The summed E-state index contributed by atoms with van der Waals surface area (Å²) in [6, 6.07) is 0. The molecule has 0 aliphatic carbocycles. The van der Waals surface area contributed by atoms with Crippen molar-refractivity contribution in [2.75, 3.05) is 27.2 Å². The lowest BCUT2D eigenvalue weighted by molar-refractivity contribution is -0.417. The number of hydrazine groups is 1. The Bertz CT molecular complexity index is 181. The van der Waals surface area contributed by atoms with Gasteiger partial charge in [-0.1, -0.05) is 0 Å². The Morgan fingerprint density at radius 3 is 1.77 bits per heavy atom. The van der Waals surface area contributed by atoms with Crippen molar-refractivity contribution in [1.82, 2.24) is 10.0 Å². The van der Waals surface area contributed by atoms with Crippen LogP contribution < -0.4 is 0 Å². The molecule has 1 rings (SSSR count). The zero-order valence-electron chi connectivity index (χ0n) is 7.23. The van der Waals surface area contributed by atoms with Crippen LogP contribution >= 0.6 is 0 Å². The zero-order valence-corrected chi connectivity index (χ0v) is 7.23. The fraction of sp³-hybridized carbons (Fsp3) is 1.00. The summed E-state index contributed by atoms with van der Waals surface area (Å²) in [6.45, 7) is -1.70. The summed E-state index contributed by atoms with van der Waals surface area (Å²) in [5.74, 6) is 0. The summed E-state index contributed by atoms with van der Waals surface area (Å²) in [6.07, 6.45) is -7.60. The molecule has 0 saturated carbocycles. The van der Waals surface area contributed by atoms with Crippen LogP contribution in [0.15, 0.2) is 0 Å². The minimum Gasteiger partial charge on any atom is -0.253 e. The summed E-state index contributed by atoms with van der Waals surface area (Å²) in [4.78, 5) is 0. The van der Waals surface area contributed by atoms with E-state index in [0.29, 0.717) is 0 Å². The number of halogens is 4. The fourth-order valence-electron chi connectivity index (χ4n) is 1.05. The average molecular weight is 202 g/mol. The molecular formula is C6H10F4N2O. The van der Waals surface area contributed by atoms with Crippen LogP contribution in [0.25, 0.3) is 0 Å². The zero-order chi connectivity index (χ0) is 10.3. The first-order valence-electron chi connectivity index (χ1n) is 3.60. The van der Waals surface area contributed by atoms with Crippen molar-refractivity contribution < 1.29 is 22.3 Å². The van der Waals surface area contributed by atoms with Gasteiger partial charge < -0.3 is 0 Å². The minimum absolute atomic E-state index is 0.823. The van der Waals surface area contributed by atoms with E-state index in [0.717, 1.165) is 5.01 Å². The van der Waals surface area contributed by atoms with Crippen LogP contribution in [-0.2, 0) is 4.74 Å². The van der Waals surface area contributed by atoms with Crippen LogP contribution in [0.5, 0.6) is 0 Å². The maximum absolute atomic E-state index is 12.5. The molecule has 1 aliphatic heterocycles. The number of nitrogens with zero attached hydrogens (tertiary/aromatic N) is 2. The van der Waals surface area contributed by atoms with Gasteiger partial charge in [0.1, 0.15) is 13.1 Å². The number of rotatable bonds is 1. The van der Waals surface area contributed by atoms with Crippen molar-refractivity contribution in [2.24, 2.45) is 0 Å². The third-order valence-electron chi connectivity index (χ3n) is 1.60. The molecule has 0 bridgehead atoms. The first kappa shape index (κ1) is 10.7. The normalized spacial score (nSPS) is 27.9. The molecule has 0 amide bonds. The van der Waals surface area contributed by atoms with Gasteiger partial charge in [-0.05, 0) is 0 Å². The Kier molecular flexibility index (Phi) is 2.52. The number of morpholine rings is 1. The van der Waals surface area contributed by atoms with Crippen LogP contribution in [0.4, 0.5) is 17.6 Å². The second-order valence-electron chi connectivity index (χ2n) is 3.05. The highest BCUT2D eigenvalue weighted by atomic mass is 19.3. The quantitative estimate of drug-likeness (QED) is 0.589. The summed E-state index contributed by atoms with van der Waals surface area (Å²) in [5.41, 5.74) is 0. The van der Waals surface area contributed by atoms with Gasteiger partial charge >= 0.3 is 12.2 Å². The van der Waals surface area contributed by atoms with E-state index in [9.17, 15) is 17.6 Å². The molecule has 0 radical (unpaired) electrons. The van der Waals surface area contributed by atoms with Crippen LogP contribution in [0, 0.1) is 0 Å². The van der Waals surface area contributed by atoms with E-state index in [-0.39, 0.29) is 0 Å². The molecule has 7 heteroatoms. The lowest BCUT2D eigenvalue weighted by atomic mass is 10.4. The van der Waals surface area contributed by atoms with E-state index in [1.807, 2.05) is 0 Å². The molecule has 0 aromatic carbocycles. The maximum Gasteiger partial charge on any atom is 0.374 e. The van der Waals surface area contributed by atoms with Gasteiger partial charge in [0, 0.05) is 14.1 Å². The Morgan fingerprint density at radius 2 is 1.46 bits per heavy atom. The predicted octanol–water partition coefficient (Wildman–Crippen LogP) is 0.981. The van der Waals surface area contributed by atoms with Crippen molar-refractivity contribution in [3.8, 4) is 0 Å². The Labute approximate surface area is 72.8 Å². The van der Waals surface area contributed by atoms with Crippen molar-refractivity contribution in [3.63, 3.8) is 0 Å². The predicted molar refractivity (Wildman–Crippen MR) is 36.2 cm³/mol. The van der Waals surface area contributed by atoms with Gasteiger partial charge in [0.2, 0.25) is 0 Å². The highest BCUT2D eigenvalue weighted by Crippen LogP contribution is 2.33. The SMILES string of the molecule is CN(C)N1CC(F)(F)OC(F)(F)C1. The molecule has 0 aromatic heterocycles. The van der Waals surface area contributed by atoms with E-state index < -0.39 is 25.3 Å². The van der Waals surface area contributed by atoms with Gasteiger partial charge in [-0.25, -0.2) is 10.0 Å². The Balaban J connectivity index is 2.72. The van der Waals surface area contributed by atoms with Gasteiger partial charge in [-0.15, -0.1) is 0 Å². The number of ether oxygens (including phenoxy) is 1. The second kappa shape index (κ2) is 3.07. The highest BCUT2D eigenvalue weighted by Gasteiger charge is 2.52. The van der Waals surface area contributed by atoms with Gasteiger partial charge in [0.05, 0.1) is 0 Å². The summed E-state index contributed by atoms with van der Waals surface area (Å²) < 4.78 is 53.5. The van der Waals surface area contributed by atoms with Crippen LogP contribution in [-0.4, -0.2) is 49.4 Å². The second-order valence-corrected chi connectivity index (χ2v) is 3.05. The van der Waals surface area contributed by atoms with E-state index in [1.165, 1.54) is 19.1 Å². The number of alkyl halides is 4. The molecule has 0 spiro atoms. The minimum atomic E-state index is -3.80. The molecule has 1 fully saturated rings. The van der Waals surface area contributed by atoms with E-state index >= 15 is 0 Å². The van der Waals surface area contributed by atoms with E-state index in [4.69, 9.17) is 0 Å². The van der Waals surface area contributed by atoms with Crippen LogP contribution in [0.1, 0.15) is 0 Å². The smallest absolute Gasteiger partial charge is 0.253 e. The summed E-state index contributed by atoms with van der Waals surface area (Å²) in [7, 11) is 2.83. The summed E-state index contributed by atoms with van der Waals surface area (Å²) in [5, 5.41) is 2.01. The molecular weight excluding hydrogens is 192 g/mol. The van der Waals surface area contributed by atoms with Gasteiger partial charge in [-0.2, -0.15) is 17.6 Å². The van der Waals surface area contributed by atoms with Crippen LogP contribution in [0.2, 0.25) is 0 Å². The molecule has 3 nitrogen and oxygen atoms in total. The van der Waals surface area contributed by atoms with E-state index in [2.05, 4.69) is 4.74 Å². The first-order valence-corrected chi connectivity index (χ1v) is 3.60. The van der Waals surface area contributed by atoms with Gasteiger partial charge in [-0.3, -0.25) is 4.74 Å². The largest absolute Gasteiger partial charge is 0.374 e. The van der Waals surface area contributed by atoms with Crippen LogP contribution in [0.3, 0.4) is 0 Å². The first-order chi connectivity index (χ1) is 5.72. The summed E-state index contributed by atoms with van der Waals surface area (Å²) >= 11 is 0. The molecule has 0 unspecified atom stereocenters. The molecule has 1 heterocycles. The molecule has 0 aromatic rings. The fourth-order valence-corrected chi connectivity index (χ4v) is 1.05. The molecule has 1 saturated heterocycles. The van der Waals surface area contributed by atoms with Gasteiger partial charge in [0.25, 0.3) is 0 Å². The van der Waals surface area contributed by atoms with Crippen molar-refractivity contribution >= 4 is 0 Å². The Hall–Kier alpha value is -0.400. The molecule has 0 atom stereocenters. The van der Waals surface area contributed by atoms with Gasteiger partial charge in [0.15, 0.2) is 0 Å². The lowest BCUT2D eigenvalue weighted by Crippen LogP contribution is -2.58. The van der Waals surface area contributed by atoms with Crippen molar-refractivity contribution in [1.29, 1.82) is 0 Å². The third-order valence-corrected chi connectivity index (χ3v) is 1.60. The van der Waals surface area contributed by atoms with E-state index in [1.54, 1.807) is 0 Å². The monoisotopic (exact) mass is 202 g/mol. The Morgan fingerprint density at radius 1 is 1.08 bits per heavy atom. The third kappa shape index (κ3) is 2.78.